The number of ether oxygens (including phenoxy) is 1. The second kappa shape index (κ2) is 8.91. The number of hydrogen-bond acceptors (Lipinski definition) is 6. The molecule has 2 aromatic rings. The Morgan fingerprint density at radius 3 is 2.71 bits per heavy atom. The summed E-state index contributed by atoms with van der Waals surface area (Å²) in [5.74, 6) is -0.676. The molecule has 8 nitrogen and oxygen atoms in total. The molecule has 8 heteroatoms. The third kappa shape index (κ3) is 4.47. The number of hydrogen-bond donors (Lipinski definition) is 1. The Balaban J connectivity index is 1.41. The Morgan fingerprint density at radius 1 is 1.26 bits per heavy atom. The molecule has 2 heterocycles. The molecule has 1 aliphatic heterocycles. The average Bonchev–Trinajstić information content (AvgIpc) is 3.52. The van der Waals surface area contributed by atoms with E-state index in [1.54, 1.807) is 0 Å². The summed E-state index contributed by atoms with van der Waals surface area (Å²) in [6, 6.07) is 11.7. The van der Waals surface area contributed by atoms with Crippen molar-refractivity contribution in [2.45, 2.75) is 57.1 Å². The Labute approximate surface area is 181 Å². The van der Waals surface area contributed by atoms with E-state index in [1.165, 1.54) is 7.11 Å². The van der Waals surface area contributed by atoms with Crippen LogP contribution in [0, 0.1) is 6.92 Å². The number of carbonyl (C=O) groups is 2. The number of esters is 1. The molecule has 164 valence electrons. The fourth-order valence-corrected chi connectivity index (χ4v) is 4.42. The van der Waals surface area contributed by atoms with Gasteiger partial charge in [-0.15, -0.1) is 0 Å². The number of benzene rings is 1. The van der Waals surface area contributed by atoms with Gasteiger partial charge in [0.25, 0.3) is 5.91 Å². The van der Waals surface area contributed by atoms with Crippen molar-refractivity contribution in [2.24, 2.45) is 5.16 Å². The minimum atomic E-state index is -1.21. The van der Waals surface area contributed by atoms with Crippen LogP contribution in [0.25, 0.3) is 0 Å². The molecule has 0 radical (unpaired) electrons. The first-order chi connectivity index (χ1) is 15.0. The summed E-state index contributed by atoms with van der Waals surface area (Å²) in [6.07, 6.45) is 5.02. The molecule has 1 amide bonds. The van der Waals surface area contributed by atoms with E-state index in [2.05, 4.69) is 15.6 Å². The third-order valence-corrected chi connectivity index (χ3v) is 5.94. The van der Waals surface area contributed by atoms with Crippen molar-refractivity contribution in [2.75, 3.05) is 13.7 Å². The van der Waals surface area contributed by atoms with Crippen molar-refractivity contribution in [1.29, 1.82) is 0 Å². The van der Waals surface area contributed by atoms with Gasteiger partial charge in [0.15, 0.2) is 0 Å². The second-order valence-corrected chi connectivity index (χ2v) is 8.31. The van der Waals surface area contributed by atoms with Gasteiger partial charge in [-0.1, -0.05) is 48.3 Å². The molecule has 1 saturated carbocycles. The van der Waals surface area contributed by atoms with Crippen LogP contribution in [0.4, 0.5) is 0 Å². The van der Waals surface area contributed by atoms with E-state index in [-0.39, 0.29) is 24.9 Å². The van der Waals surface area contributed by atoms with Crippen LogP contribution < -0.4 is 5.32 Å². The van der Waals surface area contributed by atoms with Crippen molar-refractivity contribution in [3.8, 4) is 0 Å². The molecule has 1 unspecified atom stereocenters. The SMILES string of the molecule is COC(=O)C1(Cc2ccccc2)CC(CNC(=O)c2cc(C)nn2C2CCCC2)=NO1. The maximum absolute atomic E-state index is 12.9. The molecule has 0 bridgehead atoms. The van der Waals surface area contributed by atoms with Crippen LogP contribution in [0.2, 0.25) is 0 Å². The first kappa shape index (κ1) is 21.1. The molecular formula is C23H28N4O4. The number of nitrogens with one attached hydrogen (secondary N) is 1. The van der Waals surface area contributed by atoms with Gasteiger partial charge in [-0.25, -0.2) is 4.79 Å². The van der Waals surface area contributed by atoms with Gasteiger partial charge in [0, 0.05) is 12.8 Å². The van der Waals surface area contributed by atoms with Gasteiger partial charge in [-0.2, -0.15) is 5.10 Å². The van der Waals surface area contributed by atoms with Crippen LogP contribution in [0.3, 0.4) is 0 Å². The van der Waals surface area contributed by atoms with Crippen molar-refractivity contribution >= 4 is 17.6 Å². The molecule has 4 rings (SSSR count). The lowest BCUT2D eigenvalue weighted by Crippen LogP contribution is -2.43. The molecule has 1 N–H and O–H groups in total. The normalized spacial score (nSPS) is 20.9. The topological polar surface area (TPSA) is 94.8 Å². The van der Waals surface area contributed by atoms with E-state index in [1.807, 2.05) is 48.0 Å². The Bertz CT molecular complexity index is 979. The Kier molecular flexibility index (Phi) is 6.06. The lowest BCUT2D eigenvalue weighted by molar-refractivity contribution is -0.166. The summed E-state index contributed by atoms with van der Waals surface area (Å²) < 4.78 is 6.85. The number of nitrogens with zero attached hydrogens (tertiary/aromatic N) is 3. The summed E-state index contributed by atoms with van der Waals surface area (Å²) in [4.78, 5) is 31.0. The van der Waals surface area contributed by atoms with E-state index in [9.17, 15) is 9.59 Å². The largest absolute Gasteiger partial charge is 0.466 e. The smallest absolute Gasteiger partial charge is 0.353 e. The number of carbonyl (C=O) groups excluding carboxylic acids is 2. The lowest BCUT2D eigenvalue weighted by Gasteiger charge is -2.23. The summed E-state index contributed by atoms with van der Waals surface area (Å²) in [5.41, 5.74) is 1.72. The van der Waals surface area contributed by atoms with Crippen LogP contribution in [0.5, 0.6) is 0 Å². The molecular weight excluding hydrogens is 396 g/mol. The minimum Gasteiger partial charge on any atom is -0.466 e. The maximum atomic E-state index is 12.9. The highest BCUT2D eigenvalue weighted by Crippen LogP contribution is 2.31. The van der Waals surface area contributed by atoms with Crippen molar-refractivity contribution < 1.29 is 19.2 Å². The molecule has 1 aromatic carbocycles. The van der Waals surface area contributed by atoms with Gasteiger partial charge in [0.1, 0.15) is 5.69 Å². The van der Waals surface area contributed by atoms with E-state index in [4.69, 9.17) is 9.57 Å². The number of methoxy groups -OCH3 is 1. The summed E-state index contributed by atoms with van der Waals surface area (Å²) in [5, 5.41) is 11.6. The molecule has 1 aliphatic carbocycles. The van der Waals surface area contributed by atoms with Crippen molar-refractivity contribution in [3.05, 3.63) is 53.3 Å². The Hall–Kier alpha value is -3.16. The monoisotopic (exact) mass is 424 g/mol. The van der Waals surface area contributed by atoms with Gasteiger partial charge >= 0.3 is 5.97 Å². The van der Waals surface area contributed by atoms with Gasteiger partial charge in [0.05, 0.1) is 31.1 Å². The van der Waals surface area contributed by atoms with Gasteiger partial charge in [-0.3, -0.25) is 9.48 Å². The summed E-state index contributed by atoms with van der Waals surface area (Å²) >= 11 is 0. The van der Waals surface area contributed by atoms with Crippen molar-refractivity contribution in [1.82, 2.24) is 15.1 Å². The number of aryl methyl sites for hydroxylation is 1. The van der Waals surface area contributed by atoms with Crippen LogP contribution in [0.1, 0.15) is 59.9 Å². The van der Waals surface area contributed by atoms with E-state index in [0.29, 0.717) is 17.8 Å². The number of aromatic nitrogens is 2. The molecule has 2 aliphatic rings. The van der Waals surface area contributed by atoms with Crippen LogP contribution >= 0.6 is 0 Å². The summed E-state index contributed by atoms with van der Waals surface area (Å²) in [7, 11) is 1.34. The highest BCUT2D eigenvalue weighted by Gasteiger charge is 2.47. The van der Waals surface area contributed by atoms with E-state index < -0.39 is 11.6 Å². The zero-order valence-electron chi connectivity index (χ0n) is 18.0. The van der Waals surface area contributed by atoms with Crippen LogP contribution in [0.15, 0.2) is 41.6 Å². The highest BCUT2D eigenvalue weighted by atomic mass is 16.7. The summed E-state index contributed by atoms with van der Waals surface area (Å²) in [6.45, 7) is 2.09. The van der Waals surface area contributed by atoms with Crippen LogP contribution in [-0.2, 0) is 20.8 Å². The predicted octanol–water partition coefficient (Wildman–Crippen LogP) is 2.97. The fourth-order valence-electron chi connectivity index (χ4n) is 4.42. The van der Waals surface area contributed by atoms with Gasteiger partial charge in [-0.05, 0) is 31.4 Å². The lowest BCUT2D eigenvalue weighted by atomic mass is 9.89. The molecule has 0 saturated heterocycles. The first-order valence-corrected chi connectivity index (χ1v) is 10.7. The molecule has 0 spiro atoms. The predicted molar refractivity (Wildman–Crippen MR) is 115 cm³/mol. The maximum Gasteiger partial charge on any atom is 0.353 e. The van der Waals surface area contributed by atoms with Crippen LogP contribution in [-0.4, -0.2) is 46.6 Å². The minimum absolute atomic E-state index is 0.196. The number of amides is 1. The molecule has 31 heavy (non-hydrogen) atoms. The zero-order valence-corrected chi connectivity index (χ0v) is 18.0. The molecule has 1 aromatic heterocycles. The van der Waals surface area contributed by atoms with Gasteiger partial charge < -0.3 is 14.9 Å². The number of oxime groups is 1. The zero-order chi connectivity index (χ0) is 21.8. The average molecular weight is 425 g/mol. The van der Waals surface area contributed by atoms with Gasteiger partial charge in [0.2, 0.25) is 5.60 Å². The number of rotatable bonds is 7. The molecule has 1 atom stereocenters. The fraction of sp³-hybridized carbons (Fsp3) is 0.478. The third-order valence-electron chi connectivity index (χ3n) is 5.94. The standard InChI is InChI=1S/C23H28N4O4/c1-16-12-20(27(25-16)19-10-6-7-11-19)21(28)24-15-18-14-23(31-26-18,22(29)30-2)13-17-8-4-3-5-9-17/h3-5,8-9,12,19H,6-7,10-11,13-15H2,1-2H3,(H,24,28). The quantitative estimate of drug-likeness (QED) is 0.690. The second-order valence-electron chi connectivity index (χ2n) is 8.31. The first-order valence-electron chi connectivity index (χ1n) is 10.7. The molecule has 1 fully saturated rings. The van der Waals surface area contributed by atoms with Crippen molar-refractivity contribution in [3.63, 3.8) is 0 Å². The Morgan fingerprint density at radius 2 is 2.00 bits per heavy atom. The van der Waals surface area contributed by atoms with E-state index >= 15 is 0 Å². The van der Waals surface area contributed by atoms with E-state index in [0.717, 1.165) is 36.9 Å². The highest BCUT2D eigenvalue weighted by molar-refractivity contribution is 5.99.